The Balaban J connectivity index is 1.57. The first kappa shape index (κ1) is 15.9. The van der Waals surface area contributed by atoms with Crippen LogP contribution in [-0.4, -0.2) is 17.5 Å². The maximum absolute atomic E-state index is 12.9. The molecule has 3 aromatic rings. The van der Waals surface area contributed by atoms with Crippen LogP contribution in [0, 0.1) is 5.82 Å². The molecule has 4 nitrogen and oxygen atoms in total. The summed E-state index contributed by atoms with van der Waals surface area (Å²) in [6, 6.07) is 7.63. The highest BCUT2D eigenvalue weighted by Gasteiger charge is 2.10. The second-order valence-electron chi connectivity index (χ2n) is 4.43. The molecule has 0 bridgehead atoms. The molecule has 0 radical (unpaired) electrons. The zero-order valence-electron chi connectivity index (χ0n) is 11.6. The quantitative estimate of drug-likeness (QED) is 0.711. The summed E-state index contributed by atoms with van der Waals surface area (Å²) >= 11 is 8.74. The standard InChI is InChI=1S/C15H10ClFN2O2S2/c16-10-6-9(17)3-4-12(10)21-7-14(20)19-15-18-11(8-23-15)13-2-1-5-22-13/h1-6,8H,7H2,(H,18,19,20). The number of hydrogen-bond donors (Lipinski definition) is 1. The molecule has 1 aromatic carbocycles. The zero-order chi connectivity index (χ0) is 16.2. The maximum Gasteiger partial charge on any atom is 0.264 e. The molecule has 0 saturated carbocycles. The highest BCUT2D eigenvalue weighted by Crippen LogP contribution is 2.28. The van der Waals surface area contributed by atoms with Crippen LogP contribution in [0.4, 0.5) is 9.52 Å². The van der Waals surface area contributed by atoms with Gasteiger partial charge in [-0.05, 0) is 29.6 Å². The summed E-state index contributed by atoms with van der Waals surface area (Å²) in [4.78, 5) is 17.3. The molecule has 0 aliphatic heterocycles. The molecule has 23 heavy (non-hydrogen) atoms. The maximum atomic E-state index is 12.9. The number of thiophene rings is 1. The molecule has 1 amide bonds. The third kappa shape index (κ3) is 4.07. The second kappa shape index (κ2) is 7.08. The van der Waals surface area contributed by atoms with Crippen LogP contribution < -0.4 is 10.1 Å². The van der Waals surface area contributed by atoms with Crippen LogP contribution >= 0.6 is 34.3 Å². The molecule has 0 saturated heterocycles. The summed E-state index contributed by atoms with van der Waals surface area (Å²) in [5.41, 5.74) is 0.822. The summed E-state index contributed by atoms with van der Waals surface area (Å²) < 4.78 is 18.2. The van der Waals surface area contributed by atoms with Gasteiger partial charge in [0.1, 0.15) is 11.6 Å². The summed E-state index contributed by atoms with van der Waals surface area (Å²) in [6.45, 7) is -0.237. The molecule has 0 aliphatic rings. The third-order valence-corrected chi connectivity index (χ3v) is 4.72. The number of rotatable bonds is 5. The molecular weight excluding hydrogens is 359 g/mol. The first-order valence-electron chi connectivity index (χ1n) is 6.49. The summed E-state index contributed by atoms with van der Waals surface area (Å²) in [7, 11) is 0. The first-order valence-corrected chi connectivity index (χ1v) is 8.62. The van der Waals surface area contributed by atoms with Crippen molar-refractivity contribution in [1.82, 2.24) is 4.98 Å². The Bertz CT molecular complexity index is 821. The van der Waals surface area contributed by atoms with Gasteiger partial charge in [0.05, 0.1) is 15.6 Å². The Morgan fingerprint density at radius 3 is 2.96 bits per heavy atom. The van der Waals surface area contributed by atoms with Crippen molar-refractivity contribution in [2.24, 2.45) is 0 Å². The van der Waals surface area contributed by atoms with Crippen LogP contribution in [0.25, 0.3) is 10.6 Å². The second-order valence-corrected chi connectivity index (χ2v) is 6.64. The monoisotopic (exact) mass is 368 g/mol. The van der Waals surface area contributed by atoms with E-state index in [4.69, 9.17) is 16.3 Å². The van der Waals surface area contributed by atoms with E-state index in [2.05, 4.69) is 10.3 Å². The van der Waals surface area contributed by atoms with Crippen LogP contribution in [0.5, 0.6) is 5.75 Å². The smallest absolute Gasteiger partial charge is 0.264 e. The fourth-order valence-corrected chi connectivity index (χ4v) is 3.47. The lowest BCUT2D eigenvalue weighted by Crippen LogP contribution is -2.20. The molecule has 0 unspecified atom stereocenters. The van der Waals surface area contributed by atoms with Crippen LogP contribution in [0.3, 0.4) is 0 Å². The van der Waals surface area contributed by atoms with E-state index in [1.165, 1.54) is 23.5 Å². The van der Waals surface area contributed by atoms with E-state index >= 15 is 0 Å². The highest BCUT2D eigenvalue weighted by atomic mass is 35.5. The van der Waals surface area contributed by atoms with Crippen molar-refractivity contribution in [3.8, 4) is 16.3 Å². The molecule has 2 aromatic heterocycles. The number of thiazole rings is 1. The van der Waals surface area contributed by atoms with E-state index in [0.717, 1.165) is 16.6 Å². The number of nitrogens with zero attached hydrogens (tertiary/aromatic N) is 1. The van der Waals surface area contributed by atoms with Gasteiger partial charge < -0.3 is 4.74 Å². The van der Waals surface area contributed by atoms with Gasteiger partial charge in [-0.25, -0.2) is 9.37 Å². The number of carbonyl (C=O) groups excluding carboxylic acids is 1. The Hall–Kier alpha value is -1.96. The van der Waals surface area contributed by atoms with Crippen molar-refractivity contribution in [1.29, 1.82) is 0 Å². The molecule has 3 rings (SSSR count). The van der Waals surface area contributed by atoms with Gasteiger partial charge in [0.2, 0.25) is 0 Å². The zero-order valence-corrected chi connectivity index (χ0v) is 14.0. The van der Waals surface area contributed by atoms with Crippen molar-refractivity contribution < 1.29 is 13.9 Å². The number of amides is 1. The van der Waals surface area contributed by atoms with Gasteiger partial charge >= 0.3 is 0 Å². The van der Waals surface area contributed by atoms with Gasteiger partial charge in [0.25, 0.3) is 5.91 Å². The van der Waals surface area contributed by atoms with Crippen LogP contribution in [0.2, 0.25) is 5.02 Å². The Kier molecular flexibility index (Phi) is 4.90. The van der Waals surface area contributed by atoms with Crippen molar-refractivity contribution >= 4 is 45.3 Å². The van der Waals surface area contributed by atoms with E-state index < -0.39 is 5.82 Å². The minimum Gasteiger partial charge on any atom is -0.482 e. The topological polar surface area (TPSA) is 51.2 Å². The molecule has 0 aliphatic carbocycles. The third-order valence-electron chi connectivity index (χ3n) is 2.78. The predicted octanol–water partition coefficient (Wildman–Crippen LogP) is 4.68. The lowest BCUT2D eigenvalue weighted by molar-refractivity contribution is -0.118. The fraction of sp³-hybridized carbons (Fsp3) is 0.0667. The Labute approximate surface area is 144 Å². The van der Waals surface area contributed by atoms with Gasteiger partial charge in [-0.3, -0.25) is 10.1 Å². The number of anilines is 1. The van der Waals surface area contributed by atoms with Crippen LogP contribution in [-0.2, 0) is 4.79 Å². The number of halogens is 2. The van der Waals surface area contributed by atoms with Gasteiger partial charge in [-0.1, -0.05) is 17.7 Å². The van der Waals surface area contributed by atoms with Crippen molar-refractivity contribution in [3.63, 3.8) is 0 Å². The number of nitrogens with one attached hydrogen (secondary N) is 1. The first-order chi connectivity index (χ1) is 11.1. The molecule has 8 heteroatoms. The average molecular weight is 369 g/mol. The van der Waals surface area contributed by atoms with E-state index in [1.54, 1.807) is 11.3 Å². The number of aromatic nitrogens is 1. The molecule has 0 fully saturated rings. The predicted molar refractivity (Wildman–Crippen MR) is 91.0 cm³/mol. The van der Waals surface area contributed by atoms with E-state index in [1.807, 2.05) is 22.9 Å². The van der Waals surface area contributed by atoms with Crippen molar-refractivity contribution in [2.45, 2.75) is 0 Å². The molecule has 0 spiro atoms. The SMILES string of the molecule is O=C(COc1ccc(F)cc1Cl)Nc1nc(-c2cccs2)cs1. The molecule has 118 valence electrons. The van der Waals surface area contributed by atoms with Gasteiger partial charge in [0.15, 0.2) is 11.7 Å². The summed E-state index contributed by atoms with van der Waals surface area (Å²) in [6.07, 6.45) is 0. The van der Waals surface area contributed by atoms with Gasteiger partial charge in [-0.2, -0.15) is 0 Å². The van der Waals surface area contributed by atoms with E-state index in [-0.39, 0.29) is 23.3 Å². The minimum absolute atomic E-state index is 0.118. The van der Waals surface area contributed by atoms with Crippen LogP contribution in [0.1, 0.15) is 0 Å². The van der Waals surface area contributed by atoms with Crippen molar-refractivity contribution in [2.75, 3.05) is 11.9 Å². The summed E-state index contributed by atoms with van der Waals surface area (Å²) in [5, 5.41) is 7.11. The largest absolute Gasteiger partial charge is 0.482 e. The number of benzene rings is 1. The van der Waals surface area contributed by atoms with Gasteiger partial charge in [0, 0.05) is 5.38 Å². The van der Waals surface area contributed by atoms with E-state index in [9.17, 15) is 9.18 Å². The lowest BCUT2D eigenvalue weighted by Gasteiger charge is -2.07. The molecule has 2 heterocycles. The molecular formula is C15H10ClFN2O2S2. The normalized spacial score (nSPS) is 10.5. The van der Waals surface area contributed by atoms with Gasteiger partial charge in [-0.15, -0.1) is 22.7 Å². The van der Waals surface area contributed by atoms with Crippen molar-refractivity contribution in [3.05, 3.63) is 51.9 Å². The number of hydrogen-bond acceptors (Lipinski definition) is 5. The molecule has 0 atom stereocenters. The average Bonchev–Trinajstić information content (AvgIpc) is 3.17. The fourth-order valence-electron chi connectivity index (χ4n) is 1.76. The molecule has 1 N–H and O–H groups in total. The number of carbonyl (C=O) groups is 1. The van der Waals surface area contributed by atoms with Crippen LogP contribution in [0.15, 0.2) is 41.1 Å². The summed E-state index contributed by atoms with van der Waals surface area (Å²) in [5.74, 6) is -0.574. The Morgan fingerprint density at radius 2 is 2.22 bits per heavy atom. The minimum atomic E-state index is -0.462. The lowest BCUT2D eigenvalue weighted by atomic mass is 10.3. The Morgan fingerprint density at radius 1 is 1.35 bits per heavy atom. The number of ether oxygens (including phenoxy) is 1. The highest BCUT2D eigenvalue weighted by molar-refractivity contribution is 7.16. The van der Waals surface area contributed by atoms with E-state index in [0.29, 0.717) is 5.13 Å².